The zero-order chi connectivity index (χ0) is 16.2. The number of ether oxygens (including phenoxy) is 1. The van der Waals surface area contributed by atoms with Gasteiger partial charge in [0.1, 0.15) is 0 Å². The molecule has 3 rings (SSSR count). The average molecular weight is 309 g/mol. The molecular weight excluding hydrogens is 294 g/mol. The van der Waals surface area contributed by atoms with E-state index in [0.29, 0.717) is 12.1 Å². The lowest BCUT2D eigenvalue weighted by Gasteiger charge is -2.04. The SMILES string of the molecule is COC(=O)c1ccc(CNC(=O)c2nc3ccccc3[nH]2)cc1. The van der Waals surface area contributed by atoms with E-state index in [2.05, 4.69) is 20.0 Å². The molecule has 3 aromatic rings. The Kier molecular flexibility index (Phi) is 4.05. The van der Waals surface area contributed by atoms with Crippen LogP contribution in [0.4, 0.5) is 0 Å². The summed E-state index contributed by atoms with van der Waals surface area (Å²) < 4.78 is 4.64. The molecule has 6 nitrogen and oxygen atoms in total. The maximum Gasteiger partial charge on any atom is 0.337 e. The molecule has 0 saturated heterocycles. The molecular formula is C17H15N3O3. The van der Waals surface area contributed by atoms with Crippen molar-refractivity contribution in [3.63, 3.8) is 0 Å². The summed E-state index contributed by atoms with van der Waals surface area (Å²) in [5.41, 5.74) is 2.92. The molecule has 2 aromatic carbocycles. The Labute approximate surface area is 132 Å². The summed E-state index contributed by atoms with van der Waals surface area (Å²) in [5.74, 6) is -0.390. The Morgan fingerprint density at radius 2 is 1.87 bits per heavy atom. The molecule has 6 heteroatoms. The summed E-state index contributed by atoms with van der Waals surface area (Å²) in [7, 11) is 1.34. The summed E-state index contributed by atoms with van der Waals surface area (Å²) in [6, 6.07) is 14.3. The Morgan fingerprint density at radius 1 is 1.13 bits per heavy atom. The van der Waals surface area contributed by atoms with Gasteiger partial charge in [0, 0.05) is 6.54 Å². The Bertz CT molecular complexity index is 820. The quantitative estimate of drug-likeness (QED) is 0.724. The molecule has 0 saturated carbocycles. The average Bonchev–Trinajstić information content (AvgIpc) is 3.03. The fourth-order valence-electron chi connectivity index (χ4n) is 2.20. The predicted octanol–water partition coefficient (Wildman–Crippen LogP) is 2.28. The largest absolute Gasteiger partial charge is 0.465 e. The van der Waals surface area contributed by atoms with Crippen LogP contribution in [0.5, 0.6) is 0 Å². The number of aromatic amines is 1. The van der Waals surface area contributed by atoms with E-state index in [0.717, 1.165) is 16.6 Å². The van der Waals surface area contributed by atoms with Crippen LogP contribution in [-0.2, 0) is 11.3 Å². The minimum atomic E-state index is -0.386. The minimum absolute atomic E-state index is 0.275. The summed E-state index contributed by atoms with van der Waals surface area (Å²) in [4.78, 5) is 30.7. The number of imidazole rings is 1. The van der Waals surface area contributed by atoms with Crippen LogP contribution in [-0.4, -0.2) is 29.0 Å². The topological polar surface area (TPSA) is 84.1 Å². The second-order valence-electron chi connectivity index (χ2n) is 4.97. The lowest BCUT2D eigenvalue weighted by molar-refractivity contribution is 0.0600. The van der Waals surface area contributed by atoms with Crippen LogP contribution in [0.15, 0.2) is 48.5 Å². The van der Waals surface area contributed by atoms with Crippen molar-refractivity contribution in [3.05, 3.63) is 65.5 Å². The van der Waals surface area contributed by atoms with Crippen LogP contribution in [0.2, 0.25) is 0 Å². The first-order valence-corrected chi connectivity index (χ1v) is 7.07. The van der Waals surface area contributed by atoms with Crippen LogP contribution >= 0.6 is 0 Å². The van der Waals surface area contributed by atoms with Gasteiger partial charge in [-0.05, 0) is 29.8 Å². The number of carbonyl (C=O) groups is 2. The van der Waals surface area contributed by atoms with Gasteiger partial charge in [0.15, 0.2) is 5.82 Å². The van der Waals surface area contributed by atoms with E-state index >= 15 is 0 Å². The van der Waals surface area contributed by atoms with Gasteiger partial charge in [-0.1, -0.05) is 24.3 Å². The highest BCUT2D eigenvalue weighted by molar-refractivity contribution is 5.94. The van der Waals surface area contributed by atoms with Gasteiger partial charge in [-0.2, -0.15) is 0 Å². The van der Waals surface area contributed by atoms with Gasteiger partial charge in [0.05, 0.1) is 23.7 Å². The van der Waals surface area contributed by atoms with Gasteiger partial charge in [0.25, 0.3) is 5.91 Å². The number of aromatic nitrogens is 2. The number of carbonyl (C=O) groups excluding carboxylic acids is 2. The summed E-state index contributed by atoms with van der Waals surface area (Å²) >= 11 is 0. The highest BCUT2D eigenvalue weighted by atomic mass is 16.5. The molecule has 23 heavy (non-hydrogen) atoms. The Balaban J connectivity index is 1.65. The van der Waals surface area contributed by atoms with Gasteiger partial charge in [-0.15, -0.1) is 0 Å². The number of benzene rings is 2. The normalized spacial score (nSPS) is 10.5. The lowest BCUT2D eigenvalue weighted by Crippen LogP contribution is -2.23. The number of H-pyrrole nitrogens is 1. The number of para-hydroxylation sites is 2. The highest BCUT2D eigenvalue weighted by Gasteiger charge is 2.11. The van der Waals surface area contributed by atoms with Gasteiger partial charge in [-0.3, -0.25) is 4.79 Å². The molecule has 0 radical (unpaired) electrons. The van der Waals surface area contributed by atoms with Crippen LogP contribution in [0.3, 0.4) is 0 Å². The Hall–Kier alpha value is -3.15. The number of rotatable bonds is 4. The fraction of sp³-hybridized carbons (Fsp3) is 0.118. The third kappa shape index (κ3) is 3.21. The zero-order valence-corrected chi connectivity index (χ0v) is 12.5. The molecule has 116 valence electrons. The number of hydrogen-bond acceptors (Lipinski definition) is 4. The number of hydrogen-bond donors (Lipinski definition) is 2. The van der Waals surface area contributed by atoms with Crippen LogP contribution in [0.25, 0.3) is 11.0 Å². The van der Waals surface area contributed by atoms with E-state index in [9.17, 15) is 9.59 Å². The number of nitrogens with zero attached hydrogens (tertiary/aromatic N) is 1. The van der Waals surface area contributed by atoms with Gasteiger partial charge >= 0.3 is 5.97 Å². The van der Waals surface area contributed by atoms with E-state index in [-0.39, 0.29) is 17.7 Å². The minimum Gasteiger partial charge on any atom is -0.465 e. The number of nitrogens with one attached hydrogen (secondary N) is 2. The van der Waals surface area contributed by atoms with Crippen molar-refractivity contribution in [2.45, 2.75) is 6.54 Å². The molecule has 0 spiro atoms. The van der Waals surface area contributed by atoms with Crippen LogP contribution in [0, 0.1) is 0 Å². The van der Waals surface area contributed by atoms with Crippen molar-refractivity contribution in [1.29, 1.82) is 0 Å². The van der Waals surface area contributed by atoms with Crippen molar-refractivity contribution in [2.75, 3.05) is 7.11 Å². The molecule has 0 aliphatic carbocycles. The molecule has 2 N–H and O–H groups in total. The van der Waals surface area contributed by atoms with Crippen molar-refractivity contribution in [1.82, 2.24) is 15.3 Å². The molecule has 0 atom stereocenters. The van der Waals surface area contributed by atoms with Crippen molar-refractivity contribution >= 4 is 22.9 Å². The fourth-order valence-corrected chi connectivity index (χ4v) is 2.20. The van der Waals surface area contributed by atoms with Crippen LogP contribution < -0.4 is 5.32 Å². The number of amides is 1. The maximum atomic E-state index is 12.1. The molecule has 0 aliphatic rings. The Morgan fingerprint density at radius 3 is 2.57 bits per heavy atom. The summed E-state index contributed by atoms with van der Waals surface area (Å²) in [6.45, 7) is 0.345. The molecule has 0 bridgehead atoms. The van der Waals surface area contributed by atoms with Gasteiger partial charge in [0.2, 0.25) is 0 Å². The van der Waals surface area contributed by atoms with E-state index in [1.54, 1.807) is 24.3 Å². The molecule has 0 aliphatic heterocycles. The van der Waals surface area contributed by atoms with E-state index < -0.39 is 0 Å². The lowest BCUT2D eigenvalue weighted by atomic mass is 10.1. The monoisotopic (exact) mass is 309 g/mol. The maximum absolute atomic E-state index is 12.1. The molecule has 1 amide bonds. The van der Waals surface area contributed by atoms with Gasteiger partial charge in [-0.25, -0.2) is 9.78 Å². The van der Waals surface area contributed by atoms with Crippen molar-refractivity contribution in [2.24, 2.45) is 0 Å². The van der Waals surface area contributed by atoms with E-state index in [1.807, 2.05) is 24.3 Å². The molecule has 1 aromatic heterocycles. The number of fused-ring (bicyclic) bond motifs is 1. The summed E-state index contributed by atoms with van der Waals surface area (Å²) in [5, 5.41) is 2.79. The second-order valence-corrected chi connectivity index (χ2v) is 4.97. The van der Waals surface area contributed by atoms with Crippen LogP contribution in [0.1, 0.15) is 26.5 Å². The molecule has 1 heterocycles. The highest BCUT2D eigenvalue weighted by Crippen LogP contribution is 2.10. The van der Waals surface area contributed by atoms with E-state index in [1.165, 1.54) is 7.11 Å². The first-order valence-electron chi connectivity index (χ1n) is 7.07. The molecule has 0 fully saturated rings. The number of methoxy groups -OCH3 is 1. The third-order valence-electron chi connectivity index (χ3n) is 3.43. The standard InChI is InChI=1S/C17H15N3O3/c1-23-17(22)12-8-6-11(7-9-12)10-18-16(21)15-19-13-4-2-3-5-14(13)20-15/h2-9H,10H2,1H3,(H,18,21)(H,19,20). The van der Waals surface area contributed by atoms with E-state index in [4.69, 9.17) is 0 Å². The number of esters is 1. The predicted molar refractivity (Wildman–Crippen MR) is 85.0 cm³/mol. The summed E-state index contributed by atoms with van der Waals surface area (Å²) in [6.07, 6.45) is 0. The first-order chi connectivity index (χ1) is 11.2. The third-order valence-corrected chi connectivity index (χ3v) is 3.43. The van der Waals surface area contributed by atoms with Crippen molar-refractivity contribution in [3.8, 4) is 0 Å². The smallest absolute Gasteiger partial charge is 0.337 e. The van der Waals surface area contributed by atoms with Gasteiger partial charge < -0.3 is 15.0 Å². The first kappa shape index (κ1) is 14.8. The van der Waals surface area contributed by atoms with Crippen molar-refractivity contribution < 1.29 is 14.3 Å². The second kappa shape index (κ2) is 6.31. The molecule has 0 unspecified atom stereocenters. The zero-order valence-electron chi connectivity index (χ0n) is 12.5.